The van der Waals surface area contributed by atoms with E-state index >= 15 is 0 Å². The van der Waals surface area contributed by atoms with Crippen molar-refractivity contribution < 1.29 is 9.47 Å². The zero-order chi connectivity index (χ0) is 8.24. The molecule has 20 heavy (non-hydrogen) atoms. The molecule has 0 aromatic heterocycles. The van der Waals surface area contributed by atoms with Gasteiger partial charge in [0.1, 0.15) is 0 Å². The Hall–Kier alpha value is 0.270. The van der Waals surface area contributed by atoms with Crippen LogP contribution in [0.3, 0.4) is 0 Å². The van der Waals surface area contributed by atoms with Gasteiger partial charge in [-0.15, -0.1) is 0 Å². The second-order valence-corrected chi connectivity index (χ2v) is 1.66. The van der Waals surface area contributed by atoms with Crippen LogP contribution in [0.1, 0.15) is 95.0 Å². The molecule has 0 aliphatic carbocycles. The Balaban J connectivity index is -0.00000000427. The normalized spacial score (nSPS) is 4.20. The van der Waals surface area contributed by atoms with Crippen LogP contribution in [0.5, 0.6) is 0 Å². The maximum absolute atomic E-state index is 4.83. The standard InChI is InChI=1S/C4H10O.C3H8OS.10CH4/c1-3-5-4-2;1-2-4-3-5;;;;;;;;;;/h3-4H2,1-2H3;5H,2-3H2,1H3;10*1H4. The van der Waals surface area contributed by atoms with Gasteiger partial charge < -0.3 is 9.47 Å². The highest BCUT2D eigenvalue weighted by Gasteiger charge is 1.64. The number of thiol groups is 1. The predicted molar refractivity (Wildman–Crippen MR) is 115 cm³/mol. The van der Waals surface area contributed by atoms with Crippen molar-refractivity contribution in [1.82, 2.24) is 0 Å². The van der Waals surface area contributed by atoms with Gasteiger partial charge in [0.05, 0.1) is 5.94 Å². The van der Waals surface area contributed by atoms with E-state index in [1.807, 2.05) is 20.8 Å². The fourth-order valence-electron chi connectivity index (χ4n) is 0.295. The predicted octanol–water partition coefficient (Wildman–Crippen LogP) is 8.31. The van der Waals surface area contributed by atoms with Gasteiger partial charge in [0.2, 0.25) is 0 Å². The average Bonchev–Trinajstić information content (AvgIpc) is 1.93. The van der Waals surface area contributed by atoms with E-state index in [4.69, 9.17) is 9.47 Å². The Labute approximate surface area is 143 Å². The third-order valence-electron chi connectivity index (χ3n) is 0.704. The number of hydrogen-bond acceptors (Lipinski definition) is 3. The van der Waals surface area contributed by atoms with Gasteiger partial charge in [-0.25, -0.2) is 0 Å². The maximum atomic E-state index is 4.83. The van der Waals surface area contributed by atoms with Crippen molar-refractivity contribution in [2.24, 2.45) is 0 Å². The van der Waals surface area contributed by atoms with E-state index in [2.05, 4.69) is 12.6 Å². The van der Waals surface area contributed by atoms with Gasteiger partial charge in [0.25, 0.3) is 0 Å². The molecule has 0 fully saturated rings. The van der Waals surface area contributed by atoms with Crippen LogP contribution in [0.25, 0.3) is 0 Å². The van der Waals surface area contributed by atoms with Crippen LogP contribution < -0.4 is 0 Å². The quantitative estimate of drug-likeness (QED) is 0.413. The minimum atomic E-state index is 0. The van der Waals surface area contributed by atoms with E-state index in [9.17, 15) is 0 Å². The summed E-state index contributed by atoms with van der Waals surface area (Å²) >= 11 is 3.78. The summed E-state index contributed by atoms with van der Waals surface area (Å²) in [6, 6.07) is 0. The molecule has 0 heterocycles. The van der Waals surface area contributed by atoms with Crippen LogP contribution in [-0.2, 0) is 9.47 Å². The zero-order valence-electron chi connectivity index (χ0n) is 7.09. The van der Waals surface area contributed by atoms with Crippen LogP contribution in [0, 0.1) is 0 Å². The lowest BCUT2D eigenvalue weighted by molar-refractivity contribution is 0.162. The summed E-state index contributed by atoms with van der Waals surface area (Å²) in [5.74, 6) is 0.538. The van der Waals surface area contributed by atoms with Gasteiger partial charge in [-0.2, -0.15) is 12.6 Å². The van der Waals surface area contributed by atoms with Gasteiger partial charge in [-0.05, 0) is 20.8 Å². The highest BCUT2D eigenvalue weighted by molar-refractivity contribution is 7.80. The Morgan fingerprint density at radius 1 is 0.500 bits per heavy atom. The third kappa shape index (κ3) is 299. The fourth-order valence-corrected chi connectivity index (χ4v) is 0.478. The number of rotatable bonds is 4. The fraction of sp³-hybridized carbons (Fsp3) is 1.00. The van der Waals surface area contributed by atoms with Gasteiger partial charge in [0, 0.05) is 19.8 Å². The van der Waals surface area contributed by atoms with Crippen molar-refractivity contribution >= 4 is 12.6 Å². The van der Waals surface area contributed by atoms with Crippen molar-refractivity contribution in [2.45, 2.75) is 95.0 Å². The monoisotopic (exact) mass is 326 g/mol. The molecule has 0 spiro atoms. The summed E-state index contributed by atoms with van der Waals surface area (Å²) in [4.78, 5) is 0. The number of hydrogen-bond donors (Lipinski definition) is 1. The van der Waals surface area contributed by atoms with Crippen LogP contribution in [-0.4, -0.2) is 25.8 Å². The highest BCUT2D eigenvalue weighted by atomic mass is 32.1. The Morgan fingerprint density at radius 3 is 0.700 bits per heavy atom. The average molecular weight is 327 g/mol. The van der Waals surface area contributed by atoms with Crippen molar-refractivity contribution in [3.63, 3.8) is 0 Å². The molecule has 0 rings (SSSR count). The molecule has 0 aromatic carbocycles. The van der Waals surface area contributed by atoms with Gasteiger partial charge >= 0.3 is 0 Å². The second kappa shape index (κ2) is 164. The molecule has 2 nitrogen and oxygen atoms in total. The van der Waals surface area contributed by atoms with Gasteiger partial charge in [0.15, 0.2) is 0 Å². The van der Waals surface area contributed by atoms with Crippen molar-refractivity contribution in [2.75, 3.05) is 25.8 Å². The molecule has 0 unspecified atom stereocenters. The molecule has 0 radical (unpaired) electrons. The van der Waals surface area contributed by atoms with Crippen molar-refractivity contribution in [3.8, 4) is 0 Å². The first kappa shape index (κ1) is 110. The highest BCUT2D eigenvalue weighted by Crippen LogP contribution is 1.72. The Bertz CT molecular complexity index is 36.0. The molecule has 0 amide bonds. The summed E-state index contributed by atoms with van der Waals surface area (Å²) in [6.45, 7) is 8.37. The van der Waals surface area contributed by atoms with Crippen molar-refractivity contribution in [1.29, 1.82) is 0 Å². The van der Waals surface area contributed by atoms with E-state index < -0.39 is 0 Å². The molecule has 0 aliphatic rings. The minimum Gasteiger partial charge on any atom is -0.382 e. The third-order valence-corrected chi connectivity index (χ3v) is 0.886. The lowest BCUT2D eigenvalue weighted by atomic mass is 10.8. The van der Waals surface area contributed by atoms with E-state index in [0.29, 0.717) is 5.94 Å². The molecular formula is C17H58O2S. The van der Waals surface area contributed by atoms with Crippen LogP contribution in [0.15, 0.2) is 0 Å². The smallest absolute Gasteiger partial charge is 0.0892 e. The Kier molecular flexibility index (Phi) is 900. The van der Waals surface area contributed by atoms with Gasteiger partial charge in [-0.1, -0.05) is 74.3 Å². The maximum Gasteiger partial charge on any atom is 0.0892 e. The first-order chi connectivity index (χ1) is 4.83. The number of ether oxygens (including phenoxy) is 2. The molecule has 0 aromatic rings. The molecule has 0 saturated carbocycles. The molecular weight excluding hydrogens is 268 g/mol. The minimum absolute atomic E-state index is 0. The van der Waals surface area contributed by atoms with Crippen LogP contribution in [0.2, 0.25) is 0 Å². The van der Waals surface area contributed by atoms with E-state index in [-0.39, 0.29) is 74.3 Å². The zero-order valence-corrected chi connectivity index (χ0v) is 7.99. The van der Waals surface area contributed by atoms with Crippen LogP contribution in [0.4, 0.5) is 0 Å². The first-order valence-corrected chi connectivity index (χ1v) is 4.22. The largest absolute Gasteiger partial charge is 0.382 e. The summed E-state index contributed by atoms with van der Waals surface area (Å²) < 4.78 is 9.53. The molecule has 0 bridgehead atoms. The van der Waals surface area contributed by atoms with Gasteiger partial charge in [-0.3, -0.25) is 0 Å². The molecule has 3 heteroatoms. The lowest BCUT2D eigenvalue weighted by Crippen LogP contribution is -1.84. The Morgan fingerprint density at radius 2 is 0.700 bits per heavy atom. The summed E-state index contributed by atoms with van der Waals surface area (Å²) in [5.41, 5.74) is 0. The summed E-state index contributed by atoms with van der Waals surface area (Å²) in [6.07, 6.45) is 0. The van der Waals surface area contributed by atoms with Crippen molar-refractivity contribution in [3.05, 3.63) is 0 Å². The first-order valence-electron chi connectivity index (χ1n) is 3.59. The summed E-state index contributed by atoms with van der Waals surface area (Å²) in [5, 5.41) is 0. The van der Waals surface area contributed by atoms with E-state index in [1.165, 1.54) is 0 Å². The lowest BCUT2D eigenvalue weighted by Gasteiger charge is -1.86. The van der Waals surface area contributed by atoms with E-state index in [1.54, 1.807) is 0 Å². The molecule has 0 atom stereocenters. The topological polar surface area (TPSA) is 18.5 Å². The molecule has 0 saturated heterocycles. The SMILES string of the molecule is C.C.C.C.C.C.C.C.C.C.CCOCC.CCOCS. The van der Waals surface area contributed by atoms with Crippen LogP contribution >= 0.6 is 12.6 Å². The molecule has 144 valence electrons. The molecule has 0 aliphatic heterocycles. The second-order valence-electron chi connectivity index (χ2n) is 1.40. The summed E-state index contributed by atoms with van der Waals surface area (Å²) in [7, 11) is 0. The van der Waals surface area contributed by atoms with E-state index in [0.717, 1.165) is 19.8 Å². The molecule has 0 N–H and O–H groups in total.